The summed E-state index contributed by atoms with van der Waals surface area (Å²) in [5.74, 6) is 2.15. The lowest BCUT2D eigenvalue weighted by molar-refractivity contribution is 0.360. The molecule has 0 aliphatic rings. The maximum atomic E-state index is 5.76. The van der Waals surface area contributed by atoms with Crippen LogP contribution in [-0.4, -0.2) is 17.1 Å². The van der Waals surface area contributed by atoms with E-state index in [9.17, 15) is 0 Å². The fourth-order valence-electron chi connectivity index (χ4n) is 3.11. The zero-order valence-corrected chi connectivity index (χ0v) is 18.3. The molecular weight excluding hydrogens is 380 g/mol. The number of nitrogens with one attached hydrogen (secondary N) is 1. The normalized spacial score (nSPS) is 10.8. The molecule has 0 radical (unpaired) electrons. The van der Waals surface area contributed by atoms with E-state index in [4.69, 9.17) is 21.4 Å². The molecule has 0 aliphatic heterocycles. The van der Waals surface area contributed by atoms with Crippen molar-refractivity contribution in [1.82, 2.24) is 4.90 Å². The van der Waals surface area contributed by atoms with Gasteiger partial charge in [-0.3, -0.25) is 0 Å². The van der Waals surface area contributed by atoms with Crippen molar-refractivity contribution >= 4 is 23.0 Å². The van der Waals surface area contributed by atoms with Gasteiger partial charge in [-0.05, 0) is 66.0 Å². The maximum absolute atomic E-state index is 5.76. The smallest absolute Gasteiger partial charge is 0.174 e. The Morgan fingerprint density at radius 2 is 1.86 bits per heavy atom. The van der Waals surface area contributed by atoms with E-state index in [0.29, 0.717) is 24.1 Å². The Morgan fingerprint density at radius 1 is 1.10 bits per heavy atom. The van der Waals surface area contributed by atoms with Crippen LogP contribution in [0.15, 0.2) is 65.3 Å². The molecule has 0 saturated carbocycles. The van der Waals surface area contributed by atoms with E-state index < -0.39 is 0 Å². The van der Waals surface area contributed by atoms with Gasteiger partial charge in [0.1, 0.15) is 11.5 Å². The summed E-state index contributed by atoms with van der Waals surface area (Å²) in [6, 6.07) is 18.6. The summed E-state index contributed by atoms with van der Waals surface area (Å²) in [6.07, 6.45) is 1.68. The molecule has 0 fully saturated rings. The molecule has 0 spiro atoms. The molecule has 5 heteroatoms. The van der Waals surface area contributed by atoms with Crippen LogP contribution in [0.1, 0.15) is 42.2 Å². The molecule has 29 heavy (non-hydrogen) atoms. The Kier molecular flexibility index (Phi) is 6.94. The lowest BCUT2D eigenvalue weighted by atomic mass is 10.0. The molecule has 0 saturated heterocycles. The number of hydrogen-bond acceptors (Lipinski definition) is 3. The largest absolute Gasteiger partial charge is 0.495 e. The van der Waals surface area contributed by atoms with Crippen molar-refractivity contribution in [3.8, 4) is 5.75 Å². The van der Waals surface area contributed by atoms with Gasteiger partial charge in [0.15, 0.2) is 5.11 Å². The lowest BCUT2D eigenvalue weighted by Gasteiger charge is -2.26. The third-order valence-corrected chi connectivity index (χ3v) is 5.19. The SMILES string of the molecule is COc1cc(C)ccc1NC(=S)N(Cc1ccc(C(C)C)cc1)Cc1ccco1. The van der Waals surface area contributed by atoms with E-state index in [2.05, 4.69) is 48.3 Å². The van der Waals surface area contributed by atoms with Gasteiger partial charge >= 0.3 is 0 Å². The Morgan fingerprint density at radius 3 is 2.48 bits per heavy atom. The molecular formula is C24H28N2O2S. The highest BCUT2D eigenvalue weighted by Crippen LogP contribution is 2.26. The minimum Gasteiger partial charge on any atom is -0.495 e. The van der Waals surface area contributed by atoms with Gasteiger partial charge in [0.25, 0.3) is 0 Å². The van der Waals surface area contributed by atoms with Gasteiger partial charge in [-0.25, -0.2) is 0 Å². The topological polar surface area (TPSA) is 37.6 Å². The van der Waals surface area contributed by atoms with Gasteiger partial charge < -0.3 is 19.4 Å². The first-order chi connectivity index (χ1) is 14.0. The Labute approximate surface area is 178 Å². The minimum atomic E-state index is 0.514. The summed E-state index contributed by atoms with van der Waals surface area (Å²) in [5.41, 5.74) is 4.51. The second-order valence-electron chi connectivity index (χ2n) is 7.47. The second kappa shape index (κ2) is 9.61. The number of nitrogens with zero attached hydrogens (tertiary/aromatic N) is 1. The van der Waals surface area contributed by atoms with Crippen LogP contribution in [0.25, 0.3) is 0 Å². The molecule has 0 bridgehead atoms. The van der Waals surface area contributed by atoms with Crippen LogP contribution in [0.2, 0.25) is 0 Å². The second-order valence-corrected chi connectivity index (χ2v) is 7.85. The average molecular weight is 409 g/mol. The molecule has 3 aromatic rings. The molecule has 0 atom stereocenters. The number of rotatable bonds is 7. The molecule has 4 nitrogen and oxygen atoms in total. The van der Waals surface area contributed by atoms with Crippen LogP contribution in [0.5, 0.6) is 5.75 Å². The number of methoxy groups -OCH3 is 1. The number of thiocarbonyl (C=S) groups is 1. The van der Waals surface area contributed by atoms with Gasteiger partial charge in [0, 0.05) is 6.54 Å². The van der Waals surface area contributed by atoms with Crippen molar-refractivity contribution < 1.29 is 9.15 Å². The standard InChI is InChI=1S/C24H28N2O2S/c1-17(2)20-10-8-19(9-11-20)15-26(16-21-6-5-13-28-21)24(29)25-22-12-7-18(3)14-23(22)27-4/h5-14,17H,15-16H2,1-4H3,(H,25,29). The Hall–Kier alpha value is -2.79. The van der Waals surface area contributed by atoms with E-state index >= 15 is 0 Å². The zero-order chi connectivity index (χ0) is 20.8. The summed E-state index contributed by atoms with van der Waals surface area (Å²) in [6.45, 7) is 7.70. The number of aryl methyl sites for hydroxylation is 1. The van der Waals surface area contributed by atoms with Crippen molar-refractivity contribution in [2.24, 2.45) is 0 Å². The zero-order valence-electron chi connectivity index (χ0n) is 17.4. The number of ether oxygens (including phenoxy) is 1. The molecule has 2 aromatic carbocycles. The molecule has 0 amide bonds. The monoisotopic (exact) mass is 408 g/mol. The number of hydrogen-bond donors (Lipinski definition) is 1. The van der Waals surface area contributed by atoms with Crippen LogP contribution in [0.4, 0.5) is 5.69 Å². The van der Waals surface area contributed by atoms with Crippen molar-refractivity contribution in [2.75, 3.05) is 12.4 Å². The average Bonchev–Trinajstić information content (AvgIpc) is 3.22. The molecule has 1 N–H and O–H groups in total. The predicted octanol–water partition coefficient (Wildman–Crippen LogP) is 6.12. The third-order valence-electron chi connectivity index (χ3n) is 4.83. The summed E-state index contributed by atoms with van der Waals surface area (Å²) >= 11 is 5.76. The number of benzene rings is 2. The van der Waals surface area contributed by atoms with Gasteiger partial charge in [-0.15, -0.1) is 0 Å². The van der Waals surface area contributed by atoms with Crippen LogP contribution in [0, 0.1) is 6.92 Å². The fraction of sp³-hybridized carbons (Fsp3) is 0.292. The Balaban J connectivity index is 1.80. The van der Waals surface area contributed by atoms with Crippen molar-refractivity contribution in [2.45, 2.75) is 39.8 Å². The maximum Gasteiger partial charge on any atom is 0.174 e. The number of anilines is 1. The molecule has 0 unspecified atom stereocenters. The first-order valence-corrected chi connectivity index (χ1v) is 10.2. The van der Waals surface area contributed by atoms with Crippen molar-refractivity contribution in [3.63, 3.8) is 0 Å². The van der Waals surface area contributed by atoms with Gasteiger partial charge in [0.2, 0.25) is 0 Å². The summed E-state index contributed by atoms with van der Waals surface area (Å²) in [7, 11) is 1.67. The van der Waals surface area contributed by atoms with E-state index in [-0.39, 0.29) is 0 Å². The highest BCUT2D eigenvalue weighted by Gasteiger charge is 2.15. The van der Waals surface area contributed by atoms with E-state index in [1.54, 1.807) is 13.4 Å². The summed E-state index contributed by atoms with van der Waals surface area (Å²) < 4.78 is 11.1. The lowest BCUT2D eigenvalue weighted by Crippen LogP contribution is -2.33. The van der Waals surface area contributed by atoms with Crippen LogP contribution in [-0.2, 0) is 13.1 Å². The molecule has 1 heterocycles. The fourth-order valence-corrected chi connectivity index (χ4v) is 3.35. The van der Waals surface area contributed by atoms with E-state index in [0.717, 1.165) is 22.8 Å². The van der Waals surface area contributed by atoms with Gasteiger partial charge in [-0.1, -0.05) is 44.2 Å². The molecule has 0 aliphatic carbocycles. The highest BCUT2D eigenvalue weighted by molar-refractivity contribution is 7.80. The quantitative estimate of drug-likeness (QED) is 0.477. The Bertz CT molecular complexity index is 934. The van der Waals surface area contributed by atoms with Crippen LogP contribution in [0.3, 0.4) is 0 Å². The molecule has 3 rings (SSSR count). The highest BCUT2D eigenvalue weighted by atomic mass is 32.1. The number of furan rings is 1. The summed E-state index contributed by atoms with van der Waals surface area (Å²) in [4.78, 5) is 2.10. The minimum absolute atomic E-state index is 0.514. The van der Waals surface area contributed by atoms with Crippen molar-refractivity contribution in [3.05, 3.63) is 83.3 Å². The van der Waals surface area contributed by atoms with E-state index in [1.165, 1.54) is 11.1 Å². The van der Waals surface area contributed by atoms with Crippen LogP contribution < -0.4 is 10.1 Å². The van der Waals surface area contributed by atoms with Gasteiger partial charge in [0.05, 0.1) is 25.6 Å². The van der Waals surface area contributed by atoms with Gasteiger partial charge in [-0.2, -0.15) is 0 Å². The third kappa shape index (κ3) is 5.61. The first kappa shape index (κ1) is 20.9. The van der Waals surface area contributed by atoms with E-state index in [1.807, 2.05) is 37.3 Å². The predicted molar refractivity (Wildman–Crippen MR) is 122 cm³/mol. The first-order valence-electron chi connectivity index (χ1n) is 9.78. The molecule has 152 valence electrons. The van der Waals surface area contributed by atoms with Crippen LogP contribution >= 0.6 is 12.2 Å². The summed E-state index contributed by atoms with van der Waals surface area (Å²) in [5, 5.41) is 3.96. The molecule has 1 aromatic heterocycles. The van der Waals surface area contributed by atoms with Crippen molar-refractivity contribution in [1.29, 1.82) is 0 Å².